The molecule has 6 heteroatoms. The standard InChI is InChI=1S/C23H23N3O2S/c1-4-13-28-19-11-9-18(10-12-19)21-24-23-26(25-21)22(27)20(29-23)14-16-5-7-17(8-6-16)15(2)3/h5-12,14-15H,4,13H2,1-3H3. The first kappa shape index (κ1) is 19.3. The van der Waals surface area contributed by atoms with Crippen molar-refractivity contribution in [2.24, 2.45) is 0 Å². The first-order valence-corrected chi connectivity index (χ1v) is 10.6. The molecule has 5 nitrogen and oxygen atoms in total. The van der Waals surface area contributed by atoms with Crippen molar-refractivity contribution in [3.63, 3.8) is 0 Å². The number of hydrogen-bond donors (Lipinski definition) is 0. The van der Waals surface area contributed by atoms with Crippen LogP contribution < -0.4 is 14.8 Å². The molecule has 2 heterocycles. The molecule has 0 aliphatic rings. The van der Waals surface area contributed by atoms with E-state index in [0.717, 1.165) is 23.3 Å². The van der Waals surface area contributed by atoms with Crippen LogP contribution in [-0.4, -0.2) is 21.2 Å². The highest BCUT2D eigenvalue weighted by molar-refractivity contribution is 7.15. The van der Waals surface area contributed by atoms with Crippen LogP contribution in [0.15, 0.2) is 53.3 Å². The molecule has 0 aliphatic carbocycles. The Labute approximate surface area is 173 Å². The van der Waals surface area contributed by atoms with Crippen LogP contribution in [0.5, 0.6) is 5.75 Å². The van der Waals surface area contributed by atoms with Gasteiger partial charge in [-0.2, -0.15) is 9.50 Å². The minimum atomic E-state index is -0.139. The molecular weight excluding hydrogens is 382 g/mol. The normalized spacial score (nSPS) is 12.2. The molecule has 4 aromatic rings. The van der Waals surface area contributed by atoms with Crippen molar-refractivity contribution in [2.75, 3.05) is 6.61 Å². The van der Waals surface area contributed by atoms with E-state index in [1.807, 2.05) is 42.5 Å². The van der Waals surface area contributed by atoms with E-state index >= 15 is 0 Å². The van der Waals surface area contributed by atoms with Crippen LogP contribution in [0.2, 0.25) is 0 Å². The molecule has 0 bridgehead atoms. The van der Waals surface area contributed by atoms with E-state index in [0.29, 0.717) is 27.8 Å². The van der Waals surface area contributed by atoms with Crippen molar-refractivity contribution in [2.45, 2.75) is 33.1 Å². The summed E-state index contributed by atoms with van der Waals surface area (Å²) in [4.78, 5) is 17.9. The first-order chi connectivity index (χ1) is 14.0. The SMILES string of the molecule is CCCOc1ccc(-c2nc3sc(=Cc4ccc(C(C)C)cc4)c(=O)n3n2)cc1. The summed E-state index contributed by atoms with van der Waals surface area (Å²) < 4.78 is 7.62. The van der Waals surface area contributed by atoms with Gasteiger partial charge in [-0.05, 0) is 53.8 Å². The summed E-state index contributed by atoms with van der Waals surface area (Å²) in [5, 5.41) is 4.42. The van der Waals surface area contributed by atoms with Gasteiger partial charge in [-0.15, -0.1) is 5.10 Å². The highest BCUT2D eigenvalue weighted by atomic mass is 32.1. The van der Waals surface area contributed by atoms with E-state index in [1.165, 1.54) is 21.4 Å². The quantitative estimate of drug-likeness (QED) is 0.480. The lowest BCUT2D eigenvalue weighted by Crippen LogP contribution is -2.23. The second-order valence-electron chi connectivity index (χ2n) is 7.24. The van der Waals surface area contributed by atoms with Gasteiger partial charge in [0.05, 0.1) is 11.1 Å². The largest absolute Gasteiger partial charge is 0.494 e. The van der Waals surface area contributed by atoms with E-state index in [1.54, 1.807) is 0 Å². The maximum atomic E-state index is 12.7. The second-order valence-corrected chi connectivity index (χ2v) is 8.25. The molecule has 0 N–H and O–H groups in total. The molecule has 29 heavy (non-hydrogen) atoms. The number of ether oxygens (including phenoxy) is 1. The summed E-state index contributed by atoms with van der Waals surface area (Å²) in [6, 6.07) is 15.9. The number of hydrogen-bond acceptors (Lipinski definition) is 5. The van der Waals surface area contributed by atoms with Crippen molar-refractivity contribution in [1.82, 2.24) is 14.6 Å². The average molecular weight is 406 g/mol. The zero-order chi connectivity index (χ0) is 20.4. The lowest BCUT2D eigenvalue weighted by molar-refractivity contribution is 0.317. The van der Waals surface area contributed by atoms with Crippen LogP contribution in [0.25, 0.3) is 22.4 Å². The molecule has 0 amide bonds. The maximum absolute atomic E-state index is 12.7. The average Bonchev–Trinajstić information content (AvgIpc) is 3.27. The zero-order valence-corrected chi connectivity index (χ0v) is 17.6. The van der Waals surface area contributed by atoms with Gasteiger partial charge >= 0.3 is 0 Å². The van der Waals surface area contributed by atoms with E-state index < -0.39 is 0 Å². The molecule has 0 saturated heterocycles. The predicted molar refractivity (Wildman–Crippen MR) is 118 cm³/mol. The Morgan fingerprint density at radius 3 is 2.45 bits per heavy atom. The van der Waals surface area contributed by atoms with Gasteiger partial charge in [0.2, 0.25) is 4.96 Å². The van der Waals surface area contributed by atoms with Crippen molar-refractivity contribution in [3.8, 4) is 17.1 Å². The first-order valence-electron chi connectivity index (χ1n) is 9.79. The molecule has 0 unspecified atom stereocenters. The summed E-state index contributed by atoms with van der Waals surface area (Å²) in [6.07, 6.45) is 2.86. The summed E-state index contributed by atoms with van der Waals surface area (Å²) in [6.45, 7) is 7.09. The summed E-state index contributed by atoms with van der Waals surface area (Å²) in [5.74, 6) is 1.85. The monoisotopic (exact) mass is 405 g/mol. The van der Waals surface area contributed by atoms with Gasteiger partial charge in [0.15, 0.2) is 5.82 Å². The predicted octanol–water partition coefficient (Wildman–Crippen LogP) is 4.28. The van der Waals surface area contributed by atoms with Crippen molar-refractivity contribution in [3.05, 3.63) is 74.5 Å². The summed E-state index contributed by atoms with van der Waals surface area (Å²) in [7, 11) is 0. The number of nitrogens with zero attached hydrogens (tertiary/aromatic N) is 3. The lowest BCUT2D eigenvalue weighted by atomic mass is 10.0. The Morgan fingerprint density at radius 2 is 1.83 bits per heavy atom. The second kappa shape index (κ2) is 8.17. The van der Waals surface area contributed by atoms with Crippen molar-refractivity contribution < 1.29 is 4.74 Å². The van der Waals surface area contributed by atoms with Gasteiger partial charge in [-0.25, -0.2) is 0 Å². The fraction of sp³-hybridized carbons (Fsp3) is 0.261. The number of thiazole rings is 1. The van der Waals surface area contributed by atoms with Crippen LogP contribution in [-0.2, 0) is 0 Å². The zero-order valence-electron chi connectivity index (χ0n) is 16.8. The van der Waals surface area contributed by atoms with Gasteiger partial charge in [0, 0.05) is 5.56 Å². The minimum absolute atomic E-state index is 0.139. The van der Waals surface area contributed by atoms with E-state index in [4.69, 9.17) is 4.74 Å². The number of fused-ring (bicyclic) bond motifs is 1. The minimum Gasteiger partial charge on any atom is -0.494 e. The molecule has 0 saturated carbocycles. The van der Waals surface area contributed by atoms with Gasteiger partial charge in [0.25, 0.3) is 5.56 Å². The third-order valence-electron chi connectivity index (χ3n) is 4.67. The molecule has 0 fully saturated rings. The number of aromatic nitrogens is 3. The van der Waals surface area contributed by atoms with Crippen molar-refractivity contribution >= 4 is 22.4 Å². The van der Waals surface area contributed by atoms with Gasteiger partial charge < -0.3 is 4.74 Å². The summed E-state index contributed by atoms with van der Waals surface area (Å²) in [5.41, 5.74) is 3.00. The summed E-state index contributed by atoms with van der Waals surface area (Å²) >= 11 is 1.36. The Kier molecular flexibility index (Phi) is 5.45. The van der Waals surface area contributed by atoms with Crippen LogP contribution in [0, 0.1) is 0 Å². The highest BCUT2D eigenvalue weighted by Gasteiger charge is 2.12. The van der Waals surface area contributed by atoms with E-state index in [-0.39, 0.29) is 5.56 Å². The van der Waals surface area contributed by atoms with Gasteiger partial charge in [0.1, 0.15) is 5.75 Å². The van der Waals surface area contributed by atoms with Crippen molar-refractivity contribution in [1.29, 1.82) is 0 Å². The molecular formula is C23H23N3O2S. The van der Waals surface area contributed by atoms with Crippen LogP contribution in [0.1, 0.15) is 44.2 Å². The molecule has 4 rings (SSSR count). The maximum Gasteiger partial charge on any atom is 0.291 e. The fourth-order valence-electron chi connectivity index (χ4n) is 3.00. The Bertz CT molecular complexity index is 1220. The third-order valence-corrected chi connectivity index (χ3v) is 5.63. The molecule has 148 valence electrons. The highest BCUT2D eigenvalue weighted by Crippen LogP contribution is 2.20. The third kappa shape index (κ3) is 4.07. The smallest absolute Gasteiger partial charge is 0.291 e. The van der Waals surface area contributed by atoms with Crippen LogP contribution >= 0.6 is 11.3 Å². The number of rotatable bonds is 6. The fourth-order valence-corrected chi connectivity index (χ4v) is 3.91. The molecule has 0 atom stereocenters. The molecule has 0 spiro atoms. The topological polar surface area (TPSA) is 56.5 Å². The van der Waals surface area contributed by atoms with Crippen LogP contribution in [0.3, 0.4) is 0 Å². The van der Waals surface area contributed by atoms with Gasteiger partial charge in [-0.3, -0.25) is 4.79 Å². The molecule has 0 radical (unpaired) electrons. The van der Waals surface area contributed by atoms with Gasteiger partial charge in [-0.1, -0.05) is 56.4 Å². The molecule has 2 aromatic carbocycles. The number of benzene rings is 2. The molecule has 0 aliphatic heterocycles. The Balaban J connectivity index is 1.63. The Hall–Kier alpha value is -2.99. The van der Waals surface area contributed by atoms with E-state index in [9.17, 15) is 4.79 Å². The Morgan fingerprint density at radius 1 is 1.10 bits per heavy atom. The molecule has 2 aromatic heterocycles. The lowest BCUT2D eigenvalue weighted by Gasteiger charge is -2.04. The van der Waals surface area contributed by atoms with Crippen LogP contribution in [0.4, 0.5) is 0 Å². The van der Waals surface area contributed by atoms with E-state index in [2.05, 4.69) is 43.0 Å².